The summed E-state index contributed by atoms with van der Waals surface area (Å²) in [4.78, 5) is 38.8. The first-order chi connectivity index (χ1) is 15.1. The van der Waals surface area contributed by atoms with E-state index < -0.39 is 27.6 Å². The van der Waals surface area contributed by atoms with Gasteiger partial charge in [-0.15, -0.1) is 0 Å². The molecule has 0 aliphatic carbocycles. The Labute approximate surface area is 185 Å². The molecule has 1 aliphatic rings. The lowest BCUT2D eigenvalue weighted by Gasteiger charge is -2.20. The van der Waals surface area contributed by atoms with Crippen LogP contribution in [0.5, 0.6) is 11.5 Å². The van der Waals surface area contributed by atoms with Gasteiger partial charge in [0.05, 0.1) is 41.6 Å². The fourth-order valence-corrected chi connectivity index (χ4v) is 4.00. The van der Waals surface area contributed by atoms with Crippen LogP contribution in [0.3, 0.4) is 0 Å². The molecular formula is C22H22N2O7S. The number of carbonyl (C=O) groups is 3. The van der Waals surface area contributed by atoms with Crippen molar-refractivity contribution in [1.29, 1.82) is 0 Å². The highest BCUT2D eigenvalue weighted by atomic mass is 32.2. The highest BCUT2D eigenvalue weighted by molar-refractivity contribution is 7.93. The number of methoxy groups -OCH3 is 1. The molecule has 1 N–H and O–H groups in total. The largest absolute Gasteiger partial charge is 0.493 e. The SMILES string of the molecule is CCOc1cc(/C(=C\S(C)(=O)=O)N2C(=O)c3cccc(NC(C)=O)c3C2=O)ccc1OC. The number of hydrogen-bond acceptors (Lipinski definition) is 7. The van der Waals surface area contributed by atoms with Crippen molar-refractivity contribution in [2.45, 2.75) is 13.8 Å². The molecule has 2 aromatic carbocycles. The van der Waals surface area contributed by atoms with E-state index in [1.807, 2.05) is 0 Å². The van der Waals surface area contributed by atoms with E-state index in [9.17, 15) is 22.8 Å². The van der Waals surface area contributed by atoms with Crippen LogP contribution in [-0.4, -0.2) is 51.0 Å². The minimum atomic E-state index is -3.76. The van der Waals surface area contributed by atoms with Crippen LogP contribution in [0.2, 0.25) is 0 Å². The van der Waals surface area contributed by atoms with Crippen molar-refractivity contribution in [2.75, 3.05) is 25.3 Å². The molecule has 2 aromatic rings. The number of ether oxygens (including phenoxy) is 2. The topological polar surface area (TPSA) is 119 Å². The Hall–Kier alpha value is -3.66. The third kappa shape index (κ3) is 4.50. The standard InChI is InChI=1S/C22H22N2O7S/c1-5-31-19-11-14(9-10-18(19)30-3)17(12-32(4,28)29)24-21(26)15-7-6-8-16(23-13(2)25)20(15)22(24)27/h6-12H,5H2,1-4H3,(H,23,25)/b17-12+. The lowest BCUT2D eigenvalue weighted by atomic mass is 10.1. The highest BCUT2D eigenvalue weighted by Crippen LogP contribution is 2.37. The lowest BCUT2D eigenvalue weighted by molar-refractivity contribution is -0.114. The number of anilines is 1. The van der Waals surface area contributed by atoms with Gasteiger partial charge in [-0.3, -0.25) is 14.4 Å². The molecule has 3 amide bonds. The van der Waals surface area contributed by atoms with Crippen LogP contribution in [0.1, 0.15) is 40.1 Å². The predicted molar refractivity (Wildman–Crippen MR) is 118 cm³/mol. The van der Waals surface area contributed by atoms with E-state index in [0.29, 0.717) is 18.1 Å². The third-order valence-electron chi connectivity index (χ3n) is 4.55. The van der Waals surface area contributed by atoms with E-state index in [4.69, 9.17) is 9.47 Å². The van der Waals surface area contributed by atoms with Crippen molar-refractivity contribution < 1.29 is 32.3 Å². The quantitative estimate of drug-likeness (QED) is 0.634. The molecule has 0 bridgehead atoms. The average Bonchev–Trinajstić information content (AvgIpc) is 2.96. The van der Waals surface area contributed by atoms with Gasteiger partial charge in [-0.2, -0.15) is 0 Å². The number of amides is 3. The summed E-state index contributed by atoms with van der Waals surface area (Å²) in [6.45, 7) is 3.37. The number of nitrogens with zero attached hydrogens (tertiary/aromatic N) is 1. The van der Waals surface area contributed by atoms with Crippen molar-refractivity contribution in [3.8, 4) is 11.5 Å². The van der Waals surface area contributed by atoms with Gasteiger partial charge in [0.15, 0.2) is 21.3 Å². The van der Waals surface area contributed by atoms with Gasteiger partial charge in [0, 0.05) is 18.7 Å². The number of rotatable bonds is 7. The zero-order chi connectivity index (χ0) is 23.6. The predicted octanol–water partition coefficient (Wildman–Crippen LogP) is 2.69. The van der Waals surface area contributed by atoms with Gasteiger partial charge in [-0.25, -0.2) is 13.3 Å². The second-order valence-electron chi connectivity index (χ2n) is 6.99. The molecule has 0 unspecified atom stereocenters. The zero-order valence-electron chi connectivity index (χ0n) is 18.0. The smallest absolute Gasteiger partial charge is 0.268 e. The van der Waals surface area contributed by atoms with Gasteiger partial charge < -0.3 is 14.8 Å². The Balaban J connectivity index is 2.20. The summed E-state index contributed by atoms with van der Waals surface area (Å²) in [5.41, 5.74) is 0.329. The minimum absolute atomic E-state index is 0.00866. The van der Waals surface area contributed by atoms with Crippen LogP contribution in [0.4, 0.5) is 5.69 Å². The molecule has 1 aliphatic heterocycles. The lowest BCUT2D eigenvalue weighted by Crippen LogP contribution is -2.29. The Morgan fingerprint density at radius 1 is 1.12 bits per heavy atom. The first-order valence-corrected chi connectivity index (χ1v) is 11.5. The highest BCUT2D eigenvalue weighted by Gasteiger charge is 2.40. The molecule has 0 atom stereocenters. The summed E-state index contributed by atoms with van der Waals surface area (Å²) in [6.07, 6.45) is 0.959. The van der Waals surface area contributed by atoms with Crippen molar-refractivity contribution in [3.05, 3.63) is 58.5 Å². The molecule has 32 heavy (non-hydrogen) atoms. The normalized spacial score (nSPS) is 13.8. The Bertz CT molecular complexity index is 1250. The summed E-state index contributed by atoms with van der Waals surface area (Å²) in [7, 11) is -2.31. The van der Waals surface area contributed by atoms with Gasteiger partial charge in [0.1, 0.15) is 0 Å². The molecule has 0 fully saturated rings. The molecule has 0 aromatic heterocycles. The fraction of sp³-hybridized carbons (Fsp3) is 0.227. The van der Waals surface area contributed by atoms with E-state index in [1.165, 1.54) is 44.4 Å². The number of carbonyl (C=O) groups excluding carboxylic acids is 3. The number of imide groups is 1. The molecule has 10 heteroatoms. The summed E-state index contributed by atoms with van der Waals surface area (Å²) >= 11 is 0. The van der Waals surface area contributed by atoms with Gasteiger partial charge in [0.2, 0.25) is 5.91 Å². The second-order valence-corrected chi connectivity index (χ2v) is 8.88. The van der Waals surface area contributed by atoms with Crippen LogP contribution in [0, 0.1) is 0 Å². The van der Waals surface area contributed by atoms with Crippen molar-refractivity contribution in [2.24, 2.45) is 0 Å². The Morgan fingerprint density at radius 3 is 2.44 bits per heavy atom. The maximum Gasteiger partial charge on any atom is 0.268 e. The van der Waals surface area contributed by atoms with Crippen LogP contribution in [0.25, 0.3) is 5.70 Å². The van der Waals surface area contributed by atoms with Gasteiger partial charge in [-0.05, 0) is 37.3 Å². The molecule has 0 radical (unpaired) electrons. The summed E-state index contributed by atoms with van der Waals surface area (Å²) in [5.74, 6) is -1.15. The van der Waals surface area contributed by atoms with E-state index in [1.54, 1.807) is 13.0 Å². The zero-order valence-corrected chi connectivity index (χ0v) is 18.8. The average molecular weight is 458 g/mol. The van der Waals surface area contributed by atoms with Crippen molar-refractivity contribution in [1.82, 2.24) is 4.90 Å². The Kier molecular flexibility index (Phi) is 6.35. The van der Waals surface area contributed by atoms with Gasteiger partial charge >= 0.3 is 0 Å². The summed E-state index contributed by atoms with van der Waals surface area (Å²) in [5, 5.41) is 3.38. The number of nitrogens with one attached hydrogen (secondary N) is 1. The van der Waals surface area contributed by atoms with Crippen LogP contribution < -0.4 is 14.8 Å². The van der Waals surface area contributed by atoms with Crippen LogP contribution in [-0.2, 0) is 14.6 Å². The monoisotopic (exact) mass is 458 g/mol. The summed E-state index contributed by atoms with van der Waals surface area (Å²) < 4.78 is 35.1. The maximum absolute atomic E-state index is 13.3. The van der Waals surface area contributed by atoms with Crippen molar-refractivity contribution >= 4 is 38.9 Å². The number of hydrogen-bond donors (Lipinski definition) is 1. The molecule has 1 heterocycles. The maximum atomic E-state index is 13.3. The fourth-order valence-electron chi connectivity index (χ4n) is 3.35. The van der Waals surface area contributed by atoms with E-state index in [-0.39, 0.29) is 28.1 Å². The molecule has 0 saturated heterocycles. The van der Waals surface area contributed by atoms with Crippen LogP contribution >= 0.6 is 0 Å². The second kappa shape index (κ2) is 8.83. The first-order valence-electron chi connectivity index (χ1n) is 9.59. The van der Waals surface area contributed by atoms with Crippen LogP contribution in [0.15, 0.2) is 41.8 Å². The molecule has 3 rings (SSSR count). The minimum Gasteiger partial charge on any atom is -0.493 e. The number of sulfone groups is 1. The van der Waals surface area contributed by atoms with E-state index >= 15 is 0 Å². The van der Waals surface area contributed by atoms with E-state index in [2.05, 4.69) is 5.32 Å². The third-order valence-corrected chi connectivity index (χ3v) is 5.20. The first kappa shape index (κ1) is 23.0. The molecule has 0 spiro atoms. The molecule has 9 nitrogen and oxygen atoms in total. The van der Waals surface area contributed by atoms with E-state index in [0.717, 1.165) is 16.6 Å². The Morgan fingerprint density at radius 2 is 1.84 bits per heavy atom. The molecule has 0 saturated carbocycles. The number of fused-ring (bicyclic) bond motifs is 1. The molecule has 168 valence electrons. The van der Waals surface area contributed by atoms with Gasteiger partial charge in [0.25, 0.3) is 11.8 Å². The summed E-state index contributed by atoms with van der Waals surface area (Å²) in [6, 6.07) is 9.04. The molecular weight excluding hydrogens is 436 g/mol. The van der Waals surface area contributed by atoms with Crippen molar-refractivity contribution in [3.63, 3.8) is 0 Å². The number of benzene rings is 2. The van der Waals surface area contributed by atoms with Gasteiger partial charge in [-0.1, -0.05) is 6.07 Å².